The number of aromatic nitrogens is 3. The lowest BCUT2D eigenvalue weighted by Gasteiger charge is -2.34. The number of hydrogen-bond donors (Lipinski definition) is 0. The van der Waals surface area contributed by atoms with Crippen LogP contribution in [0.15, 0.2) is 36.5 Å². The second kappa shape index (κ2) is 9.72. The van der Waals surface area contributed by atoms with E-state index in [1.54, 1.807) is 0 Å². The molecule has 0 amide bonds. The Morgan fingerprint density at radius 1 is 1.12 bits per heavy atom. The molecule has 1 aliphatic carbocycles. The van der Waals surface area contributed by atoms with E-state index in [1.807, 2.05) is 24.4 Å². The van der Waals surface area contributed by atoms with Crippen LogP contribution in [0, 0.1) is 12.3 Å². The maximum absolute atomic E-state index is 12.4. The Bertz CT molecular complexity index is 1070. The zero-order chi connectivity index (χ0) is 22.6. The van der Waals surface area contributed by atoms with Gasteiger partial charge in [0.05, 0.1) is 13.7 Å². The van der Waals surface area contributed by atoms with E-state index in [2.05, 4.69) is 35.5 Å². The molecule has 0 atom stereocenters. The highest BCUT2D eigenvalue weighted by Gasteiger charge is 2.41. The van der Waals surface area contributed by atoms with Crippen LogP contribution in [0.3, 0.4) is 0 Å². The molecular formula is C26H33N3O3. The summed E-state index contributed by atoms with van der Waals surface area (Å²) in [6, 6.07) is 10.1. The number of rotatable bonds is 8. The van der Waals surface area contributed by atoms with Crippen LogP contribution >= 0.6 is 0 Å². The zero-order valence-electron chi connectivity index (χ0n) is 19.4. The molecule has 1 saturated carbocycles. The zero-order valence-corrected chi connectivity index (χ0v) is 19.4. The Morgan fingerprint density at radius 2 is 1.88 bits per heavy atom. The molecule has 1 aliphatic rings. The van der Waals surface area contributed by atoms with Crippen molar-refractivity contribution in [3.63, 3.8) is 0 Å². The van der Waals surface area contributed by atoms with Gasteiger partial charge in [0.15, 0.2) is 5.65 Å². The maximum atomic E-state index is 12.4. The van der Waals surface area contributed by atoms with Crippen LogP contribution in [0.4, 0.5) is 0 Å². The molecule has 2 heterocycles. The number of hydrogen-bond acceptors (Lipinski definition) is 5. The molecule has 170 valence electrons. The van der Waals surface area contributed by atoms with Gasteiger partial charge >= 0.3 is 5.97 Å². The van der Waals surface area contributed by atoms with Gasteiger partial charge in [-0.15, -0.1) is 0 Å². The molecule has 6 nitrogen and oxygen atoms in total. The number of aryl methyl sites for hydroxylation is 2. The Hall–Kier alpha value is -2.89. The maximum Gasteiger partial charge on any atom is 0.315 e. The molecule has 0 spiro atoms. The van der Waals surface area contributed by atoms with Crippen LogP contribution in [0.1, 0.15) is 62.4 Å². The smallest absolute Gasteiger partial charge is 0.315 e. The van der Waals surface area contributed by atoms with Gasteiger partial charge in [-0.25, -0.2) is 9.97 Å². The Balaban J connectivity index is 1.49. The quantitative estimate of drug-likeness (QED) is 0.453. The number of ether oxygens (including phenoxy) is 2. The Kier molecular flexibility index (Phi) is 6.77. The number of methoxy groups -OCH3 is 1. The molecule has 0 unspecified atom stereocenters. The third kappa shape index (κ3) is 4.50. The summed E-state index contributed by atoms with van der Waals surface area (Å²) in [6.07, 6.45) is 8.74. The molecule has 3 aromatic rings. The van der Waals surface area contributed by atoms with Gasteiger partial charge in [-0.1, -0.05) is 38.3 Å². The molecule has 1 fully saturated rings. The van der Waals surface area contributed by atoms with E-state index in [0.29, 0.717) is 13.2 Å². The molecular weight excluding hydrogens is 402 g/mol. The van der Waals surface area contributed by atoms with Gasteiger partial charge < -0.3 is 14.0 Å². The topological polar surface area (TPSA) is 66.2 Å². The lowest BCUT2D eigenvalue weighted by molar-refractivity contribution is -0.157. The average Bonchev–Trinajstić information content (AvgIpc) is 3.17. The first-order valence-corrected chi connectivity index (χ1v) is 11.7. The second-order valence-corrected chi connectivity index (χ2v) is 8.93. The van der Waals surface area contributed by atoms with Crippen LogP contribution in [0.2, 0.25) is 0 Å². The standard InChI is InChI=1S/C26H33N3O3/c1-4-8-22-28-23-19(2)13-16-27-24(23)29(22)17-20-9-11-21(12-10-20)32-18-26(25(30)31-3)14-6-5-7-15-26/h9-13,16H,4-8,14-15,17-18H2,1-3H3. The van der Waals surface area contributed by atoms with E-state index in [9.17, 15) is 4.79 Å². The highest BCUT2D eigenvalue weighted by Crippen LogP contribution is 2.38. The lowest BCUT2D eigenvalue weighted by atomic mass is 9.74. The summed E-state index contributed by atoms with van der Waals surface area (Å²) in [4.78, 5) is 21.9. The third-order valence-electron chi connectivity index (χ3n) is 6.60. The first kappa shape index (κ1) is 22.3. The van der Waals surface area contributed by atoms with Gasteiger partial charge in [0.1, 0.15) is 29.1 Å². The molecule has 6 heteroatoms. The summed E-state index contributed by atoms with van der Waals surface area (Å²) in [5.41, 5.74) is 3.72. The average molecular weight is 436 g/mol. The fraction of sp³-hybridized carbons (Fsp3) is 0.500. The minimum absolute atomic E-state index is 0.146. The number of carbonyl (C=O) groups is 1. The van der Waals surface area contributed by atoms with Crippen molar-refractivity contribution in [2.24, 2.45) is 5.41 Å². The summed E-state index contributed by atoms with van der Waals surface area (Å²) in [6.45, 7) is 5.34. The number of benzene rings is 1. The fourth-order valence-corrected chi connectivity index (χ4v) is 4.71. The number of imidazole rings is 1. The van der Waals surface area contributed by atoms with Crippen LogP contribution in [0.5, 0.6) is 5.75 Å². The van der Waals surface area contributed by atoms with Crippen LogP contribution in [-0.2, 0) is 22.5 Å². The van der Waals surface area contributed by atoms with Gasteiger partial charge in [-0.05, 0) is 55.5 Å². The fourth-order valence-electron chi connectivity index (χ4n) is 4.71. The molecule has 0 N–H and O–H groups in total. The normalized spacial score (nSPS) is 15.6. The van der Waals surface area contributed by atoms with Gasteiger partial charge in [-0.3, -0.25) is 4.79 Å². The molecule has 32 heavy (non-hydrogen) atoms. The SMILES string of the molecule is CCCc1nc2c(C)ccnc2n1Cc1ccc(OCC2(C(=O)OC)CCCCC2)cc1. The van der Waals surface area contributed by atoms with Crippen LogP contribution in [-0.4, -0.2) is 34.2 Å². The predicted octanol–water partition coefficient (Wildman–Crippen LogP) is 5.24. The summed E-state index contributed by atoms with van der Waals surface area (Å²) in [5, 5.41) is 0. The van der Waals surface area contributed by atoms with Gasteiger partial charge in [0.2, 0.25) is 0 Å². The molecule has 0 saturated heterocycles. The molecule has 0 bridgehead atoms. The predicted molar refractivity (Wildman–Crippen MR) is 125 cm³/mol. The van der Waals surface area contributed by atoms with Crippen molar-refractivity contribution >= 4 is 17.1 Å². The summed E-state index contributed by atoms with van der Waals surface area (Å²) < 4.78 is 13.4. The second-order valence-electron chi connectivity index (χ2n) is 8.93. The van der Waals surface area contributed by atoms with E-state index >= 15 is 0 Å². The van der Waals surface area contributed by atoms with E-state index in [0.717, 1.165) is 72.4 Å². The summed E-state index contributed by atoms with van der Waals surface area (Å²) in [5.74, 6) is 1.70. The number of nitrogens with zero attached hydrogens (tertiary/aromatic N) is 3. The minimum Gasteiger partial charge on any atom is -0.492 e. The molecule has 0 radical (unpaired) electrons. The van der Waals surface area contributed by atoms with Crippen molar-refractivity contribution in [3.8, 4) is 5.75 Å². The summed E-state index contributed by atoms with van der Waals surface area (Å²) >= 11 is 0. The first-order chi connectivity index (χ1) is 15.6. The molecule has 4 rings (SSSR count). The van der Waals surface area contributed by atoms with E-state index in [4.69, 9.17) is 14.5 Å². The number of carbonyl (C=O) groups excluding carboxylic acids is 1. The Labute approximate surface area is 190 Å². The highest BCUT2D eigenvalue weighted by molar-refractivity contribution is 5.77. The first-order valence-electron chi connectivity index (χ1n) is 11.7. The van der Waals surface area contributed by atoms with Gasteiger partial charge in [0.25, 0.3) is 0 Å². The van der Waals surface area contributed by atoms with Crippen LogP contribution in [0.25, 0.3) is 11.2 Å². The Morgan fingerprint density at radius 3 is 2.56 bits per heavy atom. The van der Waals surface area contributed by atoms with Crippen molar-refractivity contribution in [1.82, 2.24) is 14.5 Å². The largest absolute Gasteiger partial charge is 0.492 e. The lowest BCUT2D eigenvalue weighted by Crippen LogP contribution is -2.39. The molecule has 2 aromatic heterocycles. The number of esters is 1. The molecule has 0 aliphatic heterocycles. The van der Waals surface area contributed by atoms with Crippen molar-refractivity contribution in [3.05, 3.63) is 53.5 Å². The molecule has 1 aromatic carbocycles. The van der Waals surface area contributed by atoms with E-state index in [1.165, 1.54) is 13.5 Å². The van der Waals surface area contributed by atoms with Gasteiger partial charge in [0, 0.05) is 12.6 Å². The highest BCUT2D eigenvalue weighted by atomic mass is 16.5. The van der Waals surface area contributed by atoms with E-state index < -0.39 is 5.41 Å². The van der Waals surface area contributed by atoms with Crippen molar-refractivity contribution in [2.75, 3.05) is 13.7 Å². The van der Waals surface area contributed by atoms with Crippen molar-refractivity contribution in [1.29, 1.82) is 0 Å². The summed E-state index contributed by atoms with van der Waals surface area (Å²) in [7, 11) is 1.47. The monoisotopic (exact) mass is 435 g/mol. The van der Waals surface area contributed by atoms with Crippen molar-refractivity contribution in [2.45, 2.75) is 65.3 Å². The van der Waals surface area contributed by atoms with Gasteiger partial charge in [-0.2, -0.15) is 0 Å². The minimum atomic E-state index is -0.514. The number of fused-ring (bicyclic) bond motifs is 1. The number of pyridine rings is 1. The van der Waals surface area contributed by atoms with Crippen LogP contribution < -0.4 is 4.74 Å². The van der Waals surface area contributed by atoms with E-state index in [-0.39, 0.29) is 5.97 Å². The third-order valence-corrected chi connectivity index (χ3v) is 6.60. The van der Waals surface area contributed by atoms with Crippen molar-refractivity contribution < 1.29 is 14.3 Å².